The number of rotatable bonds is 17. The Hall–Kier alpha value is -3.31. The van der Waals surface area contributed by atoms with Crippen LogP contribution < -0.4 is 9.47 Å². The number of ether oxygens (including phenoxy) is 2. The summed E-state index contributed by atoms with van der Waals surface area (Å²) in [6.45, 7) is 6.32. The Bertz CT molecular complexity index is 1180. The van der Waals surface area contributed by atoms with Crippen LogP contribution in [0.25, 0.3) is 0 Å². The number of nitrogens with zero attached hydrogens (tertiary/aromatic N) is 2. The highest BCUT2D eigenvalue weighted by molar-refractivity contribution is 5.76. The SMILES string of the molecule is CCCCCCCCCC(=O)N(Cc1ccc(OC)c(OCc2ccccc2)c1)C1CCN(Cc2ccccc2)CC1. The van der Waals surface area contributed by atoms with Crippen LogP contribution in [0, 0.1) is 0 Å². The second kappa shape index (κ2) is 17.6. The molecule has 0 atom stereocenters. The van der Waals surface area contributed by atoms with Crippen LogP contribution in [0.5, 0.6) is 11.5 Å². The van der Waals surface area contributed by atoms with Crippen LogP contribution in [0.1, 0.15) is 87.8 Å². The first-order valence-corrected chi connectivity index (χ1v) is 16.1. The molecule has 1 aliphatic heterocycles. The fraction of sp³-hybridized carbons (Fsp3) is 0.486. The first-order valence-electron chi connectivity index (χ1n) is 16.1. The van der Waals surface area contributed by atoms with Gasteiger partial charge in [-0.05, 0) is 48.1 Å². The third-order valence-corrected chi connectivity index (χ3v) is 8.38. The lowest BCUT2D eigenvalue weighted by Crippen LogP contribution is -2.46. The molecule has 226 valence electrons. The largest absolute Gasteiger partial charge is 0.493 e. The molecule has 3 aromatic rings. The van der Waals surface area contributed by atoms with E-state index in [0.717, 1.165) is 62.2 Å². The Balaban J connectivity index is 1.40. The van der Waals surface area contributed by atoms with Crippen molar-refractivity contribution in [3.05, 3.63) is 95.6 Å². The molecule has 42 heavy (non-hydrogen) atoms. The van der Waals surface area contributed by atoms with Gasteiger partial charge in [0.1, 0.15) is 6.61 Å². The van der Waals surface area contributed by atoms with Crippen LogP contribution in [0.3, 0.4) is 0 Å². The summed E-state index contributed by atoms with van der Waals surface area (Å²) in [5.74, 6) is 1.72. The minimum Gasteiger partial charge on any atom is -0.493 e. The Morgan fingerprint density at radius 3 is 2.10 bits per heavy atom. The minimum absolute atomic E-state index is 0.255. The molecule has 1 amide bonds. The second-order valence-corrected chi connectivity index (χ2v) is 11.6. The van der Waals surface area contributed by atoms with Gasteiger partial charge in [-0.3, -0.25) is 9.69 Å². The Morgan fingerprint density at radius 1 is 0.786 bits per heavy atom. The number of hydrogen-bond donors (Lipinski definition) is 0. The Morgan fingerprint density at radius 2 is 1.43 bits per heavy atom. The number of carbonyl (C=O) groups is 1. The smallest absolute Gasteiger partial charge is 0.223 e. The molecule has 0 radical (unpaired) electrons. The number of hydrogen-bond acceptors (Lipinski definition) is 4. The fourth-order valence-corrected chi connectivity index (χ4v) is 5.89. The molecule has 0 spiro atoms. The van der Waals surface area contributed by atoms with Crippen molar-refractivity contribution in [3.8, 4) is 11.5 Å². The summed E-state index contributed by atoms with van der Waals surface area (Å²) in [5, 5.41) is 0. The monoisotopic (exact) mass is 570 g/mol. The van der Waals surface area contributed by atoms with Crippen molar-refractivity contribution in [2.45, 2.75) is 96.9 Å². The molecule has 1 heterocycles. The van der Waals surface area contributed by atoms with Gasteiger partial charge in [0.05, 0.1) is 7.11 Å². The minimum atomic E-state index is 0.255. The molecular formula is C37H50N2O3. The predicted molar refractivity (Wildman–Crippen MR) is 172 cm³/mol. The highest BCUT2D eigenvalue weighted by Gasteiger charge is 2.28. The normalized spacial score (nSPS) is 14.0. The van der Waals surface area contributed by atoms with Gasteiger partial charge in [-0.1, -0.05) is 112 Å². The van der Waals surface area contributed by atoms with E-state index >= 15 is 0 Å². The van der Waals surface area contributed by atoms with E-state index in [-0.39, 0.29) is 11.9 Å². The summed E-state index contributed by atoms with van der Waals surface area (Å²) in [5.41, 5.74) is 3.54. The zero-order valence-electron chi connectivity index (χ0n) is 25.8. The molecular weight excluding hydrogens is 520 g/mol. The van der Waals surface area contributed by atoms with Crippen molar-refractivity contribution < 1.29 is 14.3 Å². The summed E-state index contributed by atoms with van der Waals surface area (Å²) < 4.78 is 11.8. The van der Waals surface area contributed by atoms with Crippen molar-refractivity contribution in [2.24, 2.45) is 0 Å². The third-order valence-electron chi connectivity index (χ3n) is 8.38. The zero-order valence-corrected chi connectivity index (χ0v) is 25.8. The topological polar surface area (TPSA) is 42.0 Å². The van der Waals surface area contributed by atoms with Crippen LogP contribution in [0.4, 0.5) is 0 Å². The maximum absolute atomic E-state index is 13.7. The van der Waals surface area contributed by atoms with Gasteiger partial charge in [0.2, 0.25) is 5.91 Å². The van der Waals surface area contributed by atoms with Crippen molar-refractivity contribution in [1.82, 2.24) is 9.80 Å². The standard InChI is InChI=1S/C37H50N2O3/c1-3-4-5-6-7-8-15-20-37(40)39(34-23-25-38(26-24-34)28-31-16-11-9-12-17-31)29-33-21-22-35(41-2)36(27-33)42-30-32-18-13-10-14-19-32/h9-14,16-19,21-22,27,34H,3-8,15,20,23-26,28-30H2,1-2H3. The lowest BCUT2D eigenvalue weighted by atomic mass is 10.00. The van der Waals surface area contributed by atoms with Crippen LogP contribution in [0.2, 0.25) is 0 Å². The van der Waals surface area contributed by atoms with Crippen LogP contribution in [0.15, 0.2) is 78.9 Å². The molecule has 5 heteroatoms. The molecule has 0 unspecified atom stereocenters. The molecule has 5 nitrogen and oxygen atoms in total. The second-order valence-electron chi connectivity index (χ2n) is 11.6. The maximum Gasteiger partial charge on any atom is 0.223 e. The summed E-state index contributed by atoms with van der Waals surface area (Å²) in [6, 6.07) is 27.2. The molecule has 0 aliphatic carbocycles. The van der Waals surface area contributed by atoms with E-state index in [1.54, 1.807) is 7.11 Å². The Labute approximate surface area is 253 Å². The van der Waals surface area contributed by atoms with Crippen molar-refractivity contribution in [1.29, 1.82) is 0 Å². The molecule has 3 aromatic carbocycles. The highest BCUT2D eigenvalue weighted by atomic mass is 16.5. The number of methoxy groups -OCH3 is 1. The quantitative estimate of drug-likeness (QED) is 0.153. The van der Waals surface area contributed by atoms with Gasteiger partial charge in [0.15, 0.2) is 11.5 Å². The van der Waals surface area contributed by atoms with E-state index < -0.39 is 0 Å². The van der Waals surface area contributed by atoms with Crippen LogP contribution in [-0.4, -0.2) is 41.9 Å². The van der Waals surface area contributed by atoms with Crippen molar-refractivity contribution >= 4 is 5.91 Å². The van der Waals surface area contributed by atoms with E-state index in [4.69, 9.17) is 9.47 Å². The average molecular weight is 571 g/mol. The van der Waals surface area contributed by atoms with Gasteiger partial charge in [-0.15, -0.1) is 0 Å². The van der Waals surface area contributed by atoms with Gasteiger partial charge >= 0.3 is 0 Å². The number of unbranched alkanes of at least 4 members (excludes halogenated alkanes) is 6. The van der Waals surface area contributed by atoms with Gasteiger partial charge < -0.3 is 14.4 Å². The number of amides is 1. The lowest BCUT2D eigenvalue weighted by molar-refractivity contribution is -0.135. The molecule has 1 fully saturated rings. The molecule has 0 N–H and O–H groups in total. The van der Waals surface area contributed by atoms with Crippen LogP contribution in [-0.2, 0) is 24.5 Å². The third kappa shape index (κ3) is 10.2. The van der Waals surface area contributed by atoms with Gasteiger partial charge in [-0.2, -0.15) is 0 Å². The Kier molecular flexibility index (Phi) is 13.3. The van der Waals surface area contributed by atoms with E-state index in [0.29, 0.717) is 25.3 Å². The van der Waals surface area contributed by atoms with Crippen molar-refractivity contribution in [2.75, 3.05) is 20.2 Å². The summed E-state index contributed by atoms with van der Waals surface area (Å²) in [6.07, 6.45) is 11.1. The highest BCUT2D eigenvalue weighted by Crippen LogP contribution is 2.31. The summed E-state index contributed by atoms with van der Waals surface area (Å²) in [4.78, 5) is 18.4. The van der Waals surface area contributed by atoms with E-state index in [9.17, 15) is 4.79 Å². The molecule has 0 bridgehead atoms. The molecule has 1 aliphatic rings. The summed E-state index contributed by atoms with van der Waals surface area (Å²) >= 11 is 0. The molecule has 0 saturated carbocycles. The molecule has 1 saturated heterocycles. The van der Waals surface area contributed by atoms with Gasteiger partial charge in [0, 0.05) is 38.6 Å². The van der Waals surface area contributed by atoms with Crippen LogP contribution >= 0.6 is 0 Å². The van der Waals surface area contributed by atoms with E-state index in [1.165, 1.54) is 37.7 Å². The maximum atomic E-state index is 13.7. The number of carbonyl (C=O) groups excluding carboxylic acids is 1. The first kappa shape index (κ1) is 31.6. The lowest BCUT2D eigenvalue weighted by Gasteiger charge is -2.39. The predicted octanol–water partition coefficient (Wildman–Crippen LogP) is 8.41. The molecule has 4 rings (SSSR count). The molecule has 0 aromatic heterocycles. The average Bonchev–Trinajstić information content (AvgIpc) is 3.03. The number of benzene rings is 3. The summed E-state index contributed by atoms with van der Waals surface area (Å²) in [7, 11) is 1.67. The van der Waals surface area contributed by atoms with Gasteiger partial charge in [0.25, 0.3) is 0 Å². The number of likely N-dealkylation sites (tertiary alicyclic amines) is 1. The zero-order chi connectivity index (χ0) is 29.4. The first-order chi connectivity index (χ1) is 20.7. The van der Waals surface area contributed by atoms with Crippen molar-refractivity contribution in [3.63, 3.8) is 0 Å². The van der Waals surface area contributed by atoms with E-state index in [1.807, 2.05) is 24.3 Å². The number of piperidine rings is 1. The van der Waals surface area contributed by atoms with E-state index in [2.05, 4.69) is 71.3 Å². The van der Waals surface area contributed by atoms with Gasteiger partial charge in [-0.25, -0.2) is 0 Å². The fourth-order valence-electron chi connectivity index (χ4n) is 5.89.